The second-order valence-corrected chi connectivity index (χ2v) is 5.60. The molecule has 0 spiro atoms. The van der Waals surface area contributed by atoms with Crippen LogP contribution in [0.15, 0.2) is 11.6 Å². The summed E-state index contributed by atoms with van der Waals surface area (Å²) in [6.45, 7) is 2.44. The Hall–Kier alpha value is -1.43. The van der Waals surface area contributed by atoms with Crippen LogP contribution in [0.2, 0.25) is 0 Å². The molecule has 19 heavy (non-hydrogen) atoms. The number of ether oxygens (including phenoxy) is 1. The molecule has 1 aliphatic rings. The van der Waals surface area contributed by atoms with Gasteiger partial charge in [0.05, 0.1) is 13.2 Å². The van der Waals surface area contributed by atoms with Crippen LogP contribution in [0.1, 0.15) is 37.6 Å². The van der Waals surface area contributed by atoms with Crippen molar-refractivity contribution >= 4 is 23.2 Å². The van der Waals surface area contributed by atoms with Crippen LogP contribution in [-0.2, 0) is 20.9 Å². The first-order valence-corrected chi connectivity index (χ1v) is 7.41. The van der Waals surface area contributed by atoms with Crippen molar-refractivity contribution in [3.05, 3.63) is 16.6 Å². The van der Waals surface area contributed by atoms with Gasteiger partial charge in [-0.3, -0.25) is 9.59 Å². The smallest absolute Gasteiger partial charge is 0.321 e. The second kappa shape index (κ2) is 6.14. The molecule has 0 unspecified atom stereocenters. The third-order valence-electron chi connectivity index (χ3n) is 3.44. The van der Waals surface area contributed by atoms with Crippen molar-refractivity contribution in [2.75, 3.05) is 6.61 Å². The number of esters is 1. The number of aromatic nitrogens is 1. The predicted octanol–water partition coefficient (Wildman–Crippen LogP) is 1.88. The number of nitrogens with zero attached hydrogens (tertiary/aromatic N) is 1. The molecular formula is C13H18N2O3S. The van der Waals surface area contributed by atoms with Gasteiger partial charge >= 0.3 is 5.97 Å². The quantitative estimate of drug-likeness (QED) is 0.661. The lowest BCUT2D eigenvalue weighted by Crippen LogP contribution is -2.45. The Morgan fingerprint density at radius 3 is 2.79 bits per heavy atom. The van der Waals surface area contributed by atoms with Gasteiger partial charge in [-0.15, -0.1) is 11.3 Å². The fraction of sp³-hybridized carbons (Fsp3) is 0.615. The van der Waals surface area contributed by atoms with E-state index in [1.54, 1.807) is 13.1 Å². The van der Waals surface area contributed by atoms with Crippen LogP contribution in [0.3, 0.4) is 0 Å². The van der Waals surface area contributed by atoms with E-state index in [9.17, 15) is 9.59 Å². The number of hydrogen-bond acceptors (Lipinski definition) is 5. The van der Waals surface area contributed by atoms with Gasteiger partial charge in [-0.25, -0.2) is 4.98 Å². The van der Waals surface area contributed by atoms with Crippen LogP contribution in [0.25, 0.3) is 0 Å². The van der Waals surface area contributed by atoms with Crippen LogP contribution in [0.5, 0.6) is 0 Å². The van der Waals surface area contributed by atoms with Crippen molar-refractivity contribution in [2.45, 2.75) is 39.2 Å². The maximum atomic E-state index is 12.3. The molecule has 0 atom stereocenters. The van der Waals surface area contributed by atoms with Crippen molar-refractivity contribution in [3.63, 3.8) is 0 Å². The zero-order chi connectivity index (χ0) is 13.7. The lowest BCUT2D eigenvalue weighted by Gasteiger charge is -2.24. The average molecular weight is 282 g/mol. The highest BCUT2D eigenvalue weighted by Gasteiger charge is 2.49. The molecule has 1 fully saturated rings. The molecule has 0 radical (unpaired) electrons. The molecular weight excluding hydrogens is 264 g/mol. The van der Waals surface area contributed by atoms with Gasteiger partial charge in [0.2, 0.25) is 5.91 Å². The monoisotopic (exact) mass is 282 g/mol. The van der Waals surface area contributed by atoms with E-state index in [0.717, 1.165) is 17.8 Å². The number of rotatable bonds is 5. The van der Waals surface area contributed by atoms with E-state index in [0.29, 0.717) is 26.0 Å². The third kappa shape index (κ3) is 2.94. The molecule has 104 valence electrons. The molecule has 1 heterocycles. The average Bonchev–Trinajstić information content (AvgIpc) is 3.08. The number of carbonyl (C=O) groups is 2. The summed E-state index contributed by atoms with van der Waals surface area (Å²) in [5, 5.41) is 5.51. The highest BCUT2D eigenvalue weighted by molar-refractivity contribution is 7.09. The summed E-state index contributed by atoms with van der Waals surface area (Å²) in [5.41, 5.74) is -0.979. The first-order valence-electron chi connectivity index (χ1n) is 6.53. The van der Waals surface area contributed by atoms with Gasteiger partial charge in [0.15, 0.2) is 0 Å². The fourth-order valence-corrected chi connectivity index (χ4v) is 2.99. The maximum absolute atomic E-state index is 12.3. The van der Waals surface area contributed by atoms with Gasteiger partial charge in [-0.1, -0.05) is 12.8 Å². The number of hydrogen-bond donors (Lipinski definition) is 1. The van der Waals surface area contributed by atoms with Crippen LogP contribution >= 0.6 is 11.3 Å². The van der Waals surface area contributed by atoms with E-state index in [1.165, 1.54) is 11.3 Å². The van der Waals surface area contributed by atoms with Gasteiger partial charge in [0, 0.05) is 11.6 Å². The standard InChI is InChI=1S/C13H18N2O3S/c1-2-18-12(17)13(5-3-4-6-13)11(16)15-9-10-14-7-8-19-10/h7-8H,2-6,9H2,1H3,(H,15,16). The first kappa shape index (κ1) is 14.0. The molecule has 1 aliphatic carbocycles. The molecule has 1 amide bonds. The largest absolute Gasteiger partial charge is 0.465 e. The van der Waals surface area contributed by atoms with Crippen LogP contribution in [-0.4, -0.2) is 23.5 Å². The Balaban J connectivity index is 2.02. The van der Waals surface area contributed by atoms with E-state index in [1.807, 2.05) is 5.38 Å². The SMILES string of the molecule is CCOC(=O)C1(C(=O)NCc2nccs2)CCCC1. The van der Waals surface area contributed by atoms with E-state index in [-0.39, 0.29) is 11.9 Å². The Bertz CT molecular complexity index is 439. The lowest BCUT2D eigenvalue weighted by atomic mass is 9.85. The van der Waals surface area contributed by atoms with Crippen molar-refractivity contribution in [1.82, 2.24) is 10.3 Å². The van der Waals surface area contributed by atoms with E-state index >= 15 is 0 Å². The molecule has 0 bridgehead atoms. The Kier molecular flexibility index (Phi) is 4.52. The van der Waals surface area contributed by atoms with Gasteiger partial charge < -0.3 is 10.1 Å². The number of amides is 1. The first-order chi connectivity index (χ1) is 9.19. The third-order valence-corrected chi connectivity index (χ3v) is 4.22. The number of thiazole rings is 1. The molecule has 1 saturated carbocycles. The Morgan fingerprint density at radius 2 is 2.21 bits per heavy atom. The van der Waals surface area contributed by atoms with Gasteiger partial charge in [-0.05, 0) is 19.8 Å². The van der Waals surface area contributed by atoms with Crippen LogP contribution < -0.4 is 5.32 Å². The molecule has 2 rings (SSSR count). The normalized spacial score (nSPS) is 17.1. The zero-order valence-electron chi connectivity index (χ0n) is 11.0. The summed E-state index contributed by atoms with van der Waals surface area (Å²) in [5.74, 6) is -0.609. The lowest BCUT2D eigenvalue weighted by molar-refractivity contribution is -0.160. The summed E-state index contributed by atoms with van der Waals surface area (Å²) in [4.78, 5) is 28.5. The molecule has 0 aliphatic heterocycles. The van der Waals surface area contributed by atoms with Crippen LogP contribution in [0, 0.1) is 5.41 Å². The molecule has 0 saturated heterocycles. The minimum absolute atomic E-state index is 0.223. The maximum Gasteiger partial charge on any atom is 0.321 e. The van der Waals surface area contributed by atoms with E-state index in [2.05, 4.69) is 10.3 Å². The molecule has 5 nitrogen and oxygen atoms in total. The summed E-state index contributed by atoms with van der Waals surface area (Å²) in [6, 6.07) is 0. The Labute approximate surface area is 116 Å². The summed E-state index contributed by atoms with van der Waals surface area (Å²) in [7, 11) is 0. The minimum atomic E-state index is -0.979. The summed E-state index contributed by atoms with van der Waals surface area (Å²) in [6.07, 6.45) is 4.64. The summed E-state index contributed by atoms with van der Waals surface area (Å²) < 4.78 is 5.07. The second-order valence-electron chi connectivity index (χ2n) is 4.62. The molecule has 1 aromatic rings. The van der Waals surface area contributed by atoms with Crippen LogP contribution in [0.4, 0.5) is 0 Å². The molecule has 1 aromatic heterocycles. The van der Waals surface area contributed by atoms with Crippen molar-refractivity contribution in [3.8, 4) is 0 Å². The zero-order valence-corrected chi connectivity index (χ0v) is 11.8. The minimum Gasteiger partial charge on any atom is -0.465 e. The number of nitrogens with one attached hydrogen (secondary N) is 1. The predicted molar refractivity (Wildman–Crippen MR) is 71.5 cm³/mol. The topological polar surface area (TPSA) is 68.3 Å². The Morgan fingerprint density at radius 1 is 1.47 bits per heavy atom. The van der Waals surface area contributed by atoms with Gasteiger partial charge in [0.25, 0.3) is 0 Å². The highest BCUT2D eigenvalue weighted by Crippen LogP contribution is 2.39. The van der Waals surface area contributed by atoms with Crippen molar-refractivity contribution in [1.29, 1.82) is 0 Å². The van der Waals surface area contributed by atoms with Crippen molar-refractivity contribution < 1.29 is 14.3 Å². The van der Waals surface area contributed by atoms with Crippen molar-refractivity contribution in [2.24, 2.45) is 5.41 Å². The molecule has 6 heteroatoms. The molecule has 0 aromatic carbocycles. The highest BCUT2D eigenvalue weighted by atomic mass is 32.1. The van der Waals surface area contributed by atoms with E-state index < -0.39 is 5.41 Å². The van der Waals surface area contributed by atoms with Gasteiger partial charge in [0.1, 0.15) is 10.4 Å². The van der Waals surface area contributed by atoms with Gasteiger partial charge in [-0.2, -0.15) is 0 Å². The fourth-order valence-electron chi connectivity index (χ4n) is 2.44. The number of carbonyl (C=O) groups excluding carboxylic acids is 2. The summed E-state index contributed by atoms with van der Waals surface area (Å²) >= 11 is 1.48. The van der Waals surface area contributed by atoms with E-state index in [4.69, 9.17) is 4.74 Å². The molecule has 1 N–H and O–H groups in total.